The lowest BCUT2D eigenvalue weighted by Crippen LogP contribution is -2.53. The molecule has 0 radical (unpaired) electrons. The maximum Gasteiger partial charge on any atom is 0.131 e. The molecule has 1 aromatic heterocycles. The SMILES string of the molecule is Cn1ccnc1[Si](C)(C)C(C)(C)C. The van der Waals surface area contributed by atoms with Crippen molar-refractivity contribution in [3.63, 3.8) is 0 Å². The second-order valence-corrected chi connectivity index (χ2v) is 10.4. The Labute approximate surface area is 82.0 Å². The number of hydrogen-bond donors (Lipinski definition) is 0. The fourth-order valence-corrected chi connectivity index (χ4v) is 3.33. The minimum Gasteiger partial charge on any atom is -0.342 e. The molecule has 0 bridgehead atoms. The summed E-state index contributed by atoms with van der Waals surface area (Å²) in [6, 6.07) is 0. The second kappa shape index (κ2) is 2.98. The van der Waals surface area contributed by atoms with Gasteiger partial charge in [-0.05, 0) is 5.04 Å². The van der Waals surface area contributed by atoms with Crippen molar-refractivity contribution in [2.45, 2.75) is 38.9 Å². The summed E-state index contributed by atoms with van der Waals surface area (Å²) >= 11 is 0. The van der Waals surface area contributed by atoms with Crippen molar-refractivity contribution in [3.8, 4) is 0 Å². The van der Waals surface area contributed by atoms with Crippen molar-refractivity contribution >= 4 is 13.5 Å². The fraction of sp³-hybridized carbons (Fsp3) is 0.700. The van der Waals surface area contributed by atoms with Gasteiger partial charge >= 0.3 is 0 Å². The maximum atomic E-state index is 4.48. The highest BCUT2D eigenvalue weighted by molar-refractivity contribution is 6.91. The highest BCUT2D eigenvalue weighted by Crippen LogP contribution is 2.34. The molecule has 1 aromatic rings. The van der Waals surface area contributed by atoms with E-state index in [1.54, 1.807) is 0 Å². The molecule has 0 aliphatic rings. The van der Waals surface area contributed by atoms with Gasteiger partial charge in [-0.15, -0.1) is 0 Å². The molecule has 0 unspecified atom stereocenters. The smallest absolute Gasteiger partial charge is 0.131 e. The highest BCUT2D eigenvalue weighted by Gasteiger charge is 2.39. The first kappa shape index (κ1) is 10.5. The van der Waals surface area contributed by atoms with Crippen LogP contribution in [0.15, 0.2) is 12.4 Å². The summed E-state index contributed by atoms with van der Waals surface area (Å²) in [5, 5.41) is 0.367. The Morgan fingerprint density at radius 3 is 2.15 bits per heavy atom. The number of imidazole rings is 1. The molecule has 0 aliphatic carbocycles. The average Bonchev–Trinajstić information content (AvgIpc) is 2.32. The quantitative estimate of drug-likeness (QED) is 0.629. The summed E-state index contributed by atoms with van der Waals surface area (Å²) < 4.78 is 2.16. The van der Waals surface area contributed by atoms with E-state index in [0.717, 1.165) is 0 Å². The number of hydrogen-bond acceptors (Lipinski definition) is 1. The molecule has 0 spiro atoms. The summed E-state index contributed by atoms with van der Waals surface area (Å²) in [6.45, 7) is 11.7. The van der Waals surface area contributed by atoms with Gasteiger partial charge in [0.05, 0.1) is 5.45 Å². The van der Waals surface area contributed by atoms with Crippen LogP contribution in [0, 0.1) is 0 Å². The molecule has 1 rings (SSSR count). The van der Waals surface area contributed by atoms with E-state index in [2.05, 4.69) is 50.5 Å². The molecule has 74 valence electrons. The van der Waals surface area contributed by atoms with Gasteiger partial charge in [0.2, 0.25) is 0 Å². The lowest BCUT2D eigenvalue weighted by molar-refractivity contribution is 0.722. The molecule has 0 aromatic carbocycles. The third kappa shape index (κ3) is 1.70. The third-order valence-corrected chi connectivity index (χ3v) is 8.61. The molecule has 0 atom stereocenters. The summed E-state index contributed by atoms with van der Waals surface area (Å²) in [5.41, 5.74) is 1.29. The first-order valence-corrected chi connectivity index (χ1v) is 7.74. The predicted octanol–water partition coefficient (Wildman–Crippen LogP) is 2.14. The Kier molecular flexibility index (Phi) is 2.41. The molecular weight excluding hydrogens is 176 g/mol. The van der Waals surface area contributed by atoms with Crippen molar-refractivity contribution in [3.05, 3.63) is 12.4 Å². The van der Waals surface area contributed by atoms with Crippen LogP contribution in [-0.4, -0.2) is 17.6 Å². The zero-order valence-electron chi connectivity index (χ0n) is 9.55. The number of aryl methyl sites for hydroxylation is 1. The molecule has 13 heavy (non-hydrogen) atoms. The molecule has 1 heterocycles. The summed E-state index contributed by atoms with van der Waals surface area (Å²) in [7, 11) is 0.665. The van der Waals surface area contributed by atoms with Crippen molar-refractivity contribution < 1.29 is 0 Å². The van der Waals surface area contributed by atoms with Crippen molar-refractivity contribution in [1.82, 2.24) is 9.55 Å². The van der Waals surface area contributed by atoms with E-state index in [1.165, 1.54) is 5.45 Å². The molecule has 0 N–H and O–H groups in total. The van der Waals surface area contributed by atoms with Crippen molar-refractivity contribution in [2.75, 3.05) is 0 Å². The van der Waals surface area contributed by atoms with Crippen LogP contribution < -0.4 is 5.45 Å². The van der Waals surface area contributed by atoms with Crippen LogP contribution >= 0.6 is 0 Å². The first-order valence-electron chi connectivity index (χ1n) is 4.74. The molecule has 0 saturated carbocycles. The van der Waals surface area contributed by atoms with E-state index in [1.807, 2.05) is 12.4 Å². The normalized spacial score (nSPS) is 13.4. The van der Waals surface area contributed by atoms with Crippen LogP contribution in [0.2, 0.25) is 18.1 Å². The molecule has 0 aliphatic heterocycles. The van der Waals surface area contributed by atoms with E-state index < -0.39 is 8.07 Å². The van der Waals surface area contributed by atoms with Gasteiger partial charge in [0, 0.05) is 19.4 Å². The topological polar surface area (TPSA) is 17.8 Å². The van der Waals surface area contributed by atoms with E-state index in [9.17, 15) is 0 Å². The molecule has 3 heteroatoms. The Hall–Kier alpha value is -0.573. The van der Waals surface area contributed by atoms with Crippen LogP contribution in [0.4, 0.5) is 0 Å². The summed E-state index contributed by atoms with van der Waals surface area (Å²) in [4.78, 5) is 4.48. The van der Waals surface area contributed by atoms with Crippen LogP contribution in [-0.2, 0) is 7.05 Å². The molecule has 0 saturated heterocycles. The number of rotatable bonds is 1. The van der Waals surface area contributed by atoms with Gasteiger partial charge in [-0.25, -0.2) is 4.98 Å². The lowest BCUT2D eigenvalue weighted by Gasteiger charge is -2.35. The van der Waals surface area contributed by atoms with E-state index in [4.69, 9.17) is 0 Å². The number of nitrogens with zero attached hydrogens (tertiary/aromatic N) is 2. The minimum atomic E-state index is -1.42. The zero-order valence-corrected chi connectivity index (χ0v) is 10.5. The van der Waals surface area contributed by atoms with Crippen molar-refractivity contribution in [2.24, 2.45) is 7.05 Å². The van der Waals surface area contributed by atoms with E-state index >= 15 is 0 Å². The second-order valence-electron chi connectivity index (χ2n) is 5.24. The monoisotopic (exact) mass is 196 g/mol. The Bertz CT molecular complexity index is 294. The predicted molar refractivity (Wildman–Crippen MR) is 60.0 cm³/mol. The Morgan fingerprint density at radius 2 is 1.85 bits per heavy atom. The Morgan fingerprint density at radius 1 is 1.31 bits per heavy atom. The van der Waals surface area contributed by atoms with Gasteiger partial charge in [0.15, 0.2) is 0 Å². The van der Waals surface area contributed by atoms with Gasteiger partial charge in [0.1, 0.15) is 8.07 Å². The largest absolute Gasteiger partial charge is 0.342 e. The first-order chi connectivity index (χ1) is 5.77. The average molecular weight is 196 g/mol. The van der Waals surface area contributed by atoms with Crippen molar-refractivity contribution in [1.29, 1.82) is 0 Å². The lowest BCUT2D eigenvalue weighted by atomic mass is 10.2. The molecule has 0 amide bonds. The van der Waals surface area contributed by atoms with E-state index in [0.29, 0.717) is 5.04 Å². The van der Waals surface area contributed by atoms with Crippen LogP contribution in [0.25, 0.3) is 0 Å². The van der Waals surface area contributed by atoms with Gasteiger partial charge < -0.3 is 4.57 Å². The minimum absolute atomic E-state index is 0.367. The van der Waals surface area contributed by atoms with Gasteiger partial charge in [-0.1, -0.05) is 33.9 Å². The highest BCUT2D eigenvalue weighted by atomic mass is 28.3. The molecular formula is C10H20N2Si. The fourth-order valence-electron chi connectivity index (χ4n) is 1.30. The van der Waals surface area contributed by atoms with Crippen LogP contribution in [0.3, 0.4) is 0 Å². The molecule has 2 nitrogen and oxygen atoms in total. The molecule has 0 fully saturated rings. The summed E-state index contributed by atoms with van der Waals surface area (Å²) in [5.74, 6) is 0. The van der Waals surface area contributed by atoms with Crippen LogP contribution in [0.1, 0.15) is 20.8 Å². The van der Waals surface area contributed by atoms with Crippen LogP contribution in [0.5, 0.6) is 0 Å². The van der Waals surface area contributed by atoms with Gasteiger partial charge in [0.25, 0.3) is 0 Å². The van der Waals surface area contributed by atoms with E-state index in [-0.39, 0.29) is 0 Å². The Balaban J connectivity index is 3.15. The van der Waals surface area contributed by atoms with Gasteiger partial charge in [-0.2, -0.15) is 0 Å². The zero-order chi connectivity index (χ0) is 10.3. The third-order valence-electron chi connectivity index (χ3n) is 3.26. The number of aromatic nitrogens is 2. The van der Waals surface area contributed by atoms with Gasteiger partial charge in [-0.3, -0.25) is 0 Å². The summed E-state index contributed by atoms with van der Waals surface area (Å²) in [6.07, 6.45) is 3.94. The maximum absolute atomic E-state index is 4.48. The standard InChI is InChI=1S/C10H20N2Si/c1-10(2,3)13(5,6)9-11-7-8-12(9)4/h7-8H,1-6H3.